The number of hydrogen-bond donors (Lipinski definition) is 0. The highest BCUT2D eigenvalue weighted by molar-refractivity contribution is 5.87. The molecule has 0 rings (SSSR count). The Labute approximate surface area is 74.5 Å². The molecule has 0 bridgehead atoms. The fourth-order valence-electron chi connectivity index (χ4n) is 0.653. The van der Waals surface area contributed by atoms with Gasteiger partial charge in [0.25, 0.3) is 0 Å². The van der Waals surface area contributed by atoms with Crippen LogP contribution in [0.25, 0.3) is 0 Å². The first-order chi connectivity index (χ1) is 5.52. The van der Waals surface area contributed by atoms with Gasteiger partial charge in [-0.25, -0.2) is 0 Å². The van der Waals surface area contributed by atoms with Crippen LogP contribution in [0.2, 0.25) is 0 Å². The van der Waals surface area contributed by atoms with Gasteiger partial charge in [0.15, 0.2) is 0 Å². The molecule has 0 saturated heterocycles. The standard InChI is InChI=1S/C9H17N3/c1-6-12(5)11-8-9(2,3)7-10-4/h6-8H,1H2,2-5H3/b10-7?,11-8-. The van der Waals surface area contributed by atoms with E-state index in [0.29, 0.717) is 0 Å². The van der Waals surface area contributed by atoms with Crippen molar-refractivity contribution in [3.63, 3.8) is 0 Å². The molecule has 0 unspecified atom stereocenters. The monoisotopic (exact) mass is 167 g/mol. The van der Waals surface area contributed by atoms with Crippen LogP contribution in [0, 0.1) is 5.41 Å². The maximum absolute atomic E-state index is 4.13. The molecule has 0 aromatic rings. The lowest BCUT2D eigenvalue weighted by atomic mass is 9.98. The quantitative estimate of drug-likeness (QED) is 0.463. The van der Waals surface area contributed by atoms with E-state index in [1.54, 1.807) is 18.3 Å². The average molecular weight is 167 g/mol. The van der Waals surface area contributed by atoms with Gasteiger partial charge in [-0.05, 0) is 13.8 Å². The summed E-state index contributed by atoms with van der Waals surface area (Å²) in [5, 5.41) is 5.79. The smallest absolute Gasteiger partial charge is 0.0366 e. The molecule has 0 amide bonds. The summed E-state index contributed by atoms with van der Waals surface area (Å²) in [4.78, 5) is 3.95. The highest BCUT2D eigenvalue weighted by atomic mass is 15.4. The Morgan fingerprint density at radius 2 is 1.92 bits per heavy atom. The maximum Gasteiger partial charge on any atom is 0.0366 e. The van der Waals surface area contributed by atoms with Crippen molar-refractivity contribution >= 4 is 12.4 Å². The largest absolute Gasteiger partial charge is 0.300 e. The van der Waals surface area contributed by atoms with E-state index < -0.39 is 0 Å². The van der Waals surface area contributed by atoms with Crippen LogP contribution >= 0.6 is 0 Å². The summed E-state index contributed by atoms with van der Waals surface area (Å²) >= 11 is 0. The first kappa shape index (κ1) is 10.9. The van der Waals surface area contributed by atoms with Gasteiger partial charge in [-0.1, -0.05) is 6.58 Å². The van der Waals surface area contributed by atoms with Gasteiger partial charge in [-0.15, -0.1) is 0 Å². The Balaban J connectivity index is 4.21. The predicted octanol–water partition coefficient (Wildman–Crippen LogP) is 1.77. The van der Waals surface area contributed by atoms with Crippen molar-refractivity contribution in [3.05, 3.63) is 12.8 Å². The first-order valence-electron chi connectivity index (χ1n) is 3.85. The van der Waals surface area contributed by atoms with Crippen molar-refractivity contribution in [3.8, 4) is 0 Å². The molecule has 0 N–H and O–H groups in total. The van der Waals surface area contributed by atoms with E-state index in [-0.39, 0.29) is 5.41 Å². The lowest BCUT2D eigenvalue weighted by Crippen LogP contribution is -2.16. The highest BCUT2D eigenvalue weighted by Crippen LogP contribution is 2.07. The van der Waals surface area contributed by atoms with Crippen molar-refractivity contribution < 1.29 is 0 Å². The summed E-state index contributed by atoms with van der Waals surface area (Å²) < 4.78 is 0. The van der Waals surface area contributed by atoms with Crippen LogP contribution in [0.15, 0.2) is 22.9 Å². The zero-order chi connectivity index (χ0) is 9.61. The summed E-state index contributed by atoms with van der Waals surface area (Å²) in [6, 6.07) is 0. The van der Waals surface area contributed by atoms with Crippen molar-refractivity contribution in [1.29, 1.82) is 0 Å². The first-order valence-corrected chi connectivity index (χ1v) is 3.85. The lowest BCUT2D eigenvalue weighted by molar-refractivity contribution is 0.488. The van der Waals surface area contributed by atoms with Crippen LogP contribution in [-0.4, -0.2) is 31.5 Å². The Bertz CT molecular complexity index is 192. The molecule has 0 aliphatic heterocycles. The van der Waals surface area contributed by atoms with Crippen molar-refractivity contribution in [1.82, 2.24) is 5.01 Å². The molecule has 0 saturated carbocycles. The molecule has 0 aliphatic rings. The van der Waals surface area contributed by atoms with Crippen molar-refractivity contribution in [2.45, 2.75) is 13.8 Å². The normalized spacial score (nSPS) is 12.7. The third-order valence-electron chi connectivity index (χ3n) is 1.30. The fourth-order valence-corrected chi connectivity index (χ4v) is 0.653. The molecule has 3 heteroatoms. The summed E-state index contributed by atoms with van der Waals surface area (Å²) in [6.45, 7) is 7.67. The maximum atomic E-state index is 4.13. The van der Waals surface area contributed by atoms with Gasteiger partial charge >= 0.3 is 0 Å². The van der Waals surface area contributed by atoms with Crippen LogP contribution < -0.4 is 0 Å². The van der Waals surface area contributed by atoms with Crippen LogP contribution in [0.3, 0.4) is 0 Å². The van der Waals surface area contributed by atoms with Crippen LogP contribution in [0.1, 0.15) is 13.8 Å². The van der Waals surface area contributed by atoms with Gasteiger partial charge in [0.1, 0.15) is 0 Å². The minimum absolute atomic E-state index is 0.0912. The van der Waals surface area contributed by atoms with E-state index >= 15 is 0 Å². The summed E-state index contributed by atoms with van der Waals surface area (Å²) in [5.74, 6) is 0. The highest BCUT2D eigenvalue weighted by Gasteiger charge is 2.10. The molecule has 0 atom stereocenters. The lowest BCUT2D eigenvalue weighted by Gasteiger charge is -2.13. The average Bonchev–Trinajstić information content (AvgIpc) is 2.00. The molecule has 3 nitrogen and oxygen atoms in total. The number of hydrazone groups is 1. The van der Waals surface area contributed by atoms with Gasteiger partial charge in [0, 0.05) is 38.1 Å². The Kier molecular flexibility index (Phi) is 4.26. The van der Waals surface area contributed by atoms with Crippen molar-refractivity contribution in [2.24, 2.45) is 15.5 Å². The molecule has 0 fully saturated rings. The Morgan fingerprint density at radius 3 is 2.33 bits per heavy atom. The second-order valence-electron chi connectivity index (χ2n) is 3.21. The SMILES string of the molecule is C=CN(C)/N=C\C(C)(C)C=NC. The molecule has 12 heavy (non-hydrogen) atoms. The molecule has 0 aromatic carbocycles. The molecule has 0 heterocycles. The molecule has 0 aliphatic carbocycles. The number of nitrogens with zero attached hydrogens (tertiary/aromatic N) is 3. The predicted molar refractivity (Wildman–Crippen MR) is 54.6 cm³/mol. The minimum Gasteiger partial charge on any atom is -0.300 e. The molecular weight excluding hydrogens is 150 g/mol. The van der Waals surface area contributed by atoms with E-state index in [1.165, 1.54) is 0 Å². The molecule has 0 aromatic heterocycles. The van der Waals surface area contributed by atoms with Gasteiger partial charge in [0.2, 0.25) is 0 Å². The topological polar surface area (TPSA) is 28.0 Å². The zero-order valence-corrected chi connectivity index (χ0v) is 8.28. The van der Waals surface area contributed by atoms with Gasteiger partial charge in [0.05, 0.1) is 0 Å². The number of rotatable bonds is 4. The van der Waals surface area contributed by atoms with Gasteiger partial charge in [-0.2, -0.15) is 5.10 Å². The third-order valence-corrected chi connectivity index (χ3v) is 1.30. The van der Waals surface area contributed by atoms with Crippen LogP contribution in [0.5, 0.6) is 0 Å². The van der Waals surface area contributed by atoms with E-state index in [0.717, 1.165) is 0 Å². The molecule has 0 radical (unpaired) electrons. The second kappa shape index (κ2) is 4.70. The molecular formula is C9H17N3. The Morgan fingerprint density at radius 1 is 1.33 bits per heavy atom. The Hall–Kier alpha value is -1.12. The molecule has 68 valence electrons. The van der Waals surface area contributed by atoms with Crippen molar-refractivity contribution in [2.75, 3.05) is 14.1 Å². The zero-order valence-electron chi connectivity index (χ0n) is 8.28. The molecule has 0 spiro atoms. The summed E-state index contributed by atoms with van der Waals surface area (Å²) in [7, 11) is 3.59. The van der Waals surface area contributed by atoms with Gasteiger partial charge in [-0.3, -0.25) is 10.0 Å². The van der Waals surface area contributed by atoms with E-state index in [4.69, 9.17) is 0 Å². The summed E-state index contributed by atoms with van der Waals surface area (Å²) in [6.07, 6.45) is 5.34. The fraction of sp³-hybridized carbons (Fsp3) is 0.556. The van der Waals surface area contributed by atoms with E-state index in [9.17, 15) is 0 Å². The number of aliphatic imine (C=N–C) groups is 1. The van der Waals surface area contributed by atoms with E-state index in [1.807, 2.05) is 33.3 Å². The third kappa shape index (κ3) is 4.66. The van der Waals surface area contributed by atoms with Gasteiger partial charge < -0.3 is 0 Å². The minimum atomic E-state index is -0.0912. The van der Waals surface area contributed by atoms with E-state index in [2.05, 4.69) is 16.7 Å². The summed E-state index contributed by atoms with van der Waals surface area (Å²) in [5.41, 5.74) is -0.0912. The van der Waals surface area contributed by atoms with Crippen LogP contribution in [0.4, 0.5) is 0 Å². The van der Waals surface area contributed by atoms with Crippen LogP contribution in [-0.2, 0) is 0 Å². The number of hydrogen-bond acceptors (Lipinski definition) is 3. The second-order valence-corrected chi connectivity index (χ2v) is 3.21.